The molecule has 1 aliphatic heterocycles. The number of benzene rings is 1. The molecule has 4 heteroatoms. The van der Waals surface area contributed by atoms with Crippen LogP contribution in [0.4, 0.5) is 5.69 Å². The Labute approximate surface area is 136 Å². The summed E-state index contributed by atoms with van der Waals surface area (Å²) in [5, 5.41) is 1.08. The molecule has 2 heterocycles. The van der Waals surface area contributed by atoms with Crippen LogP contribution in [0.5, 0.6) is 0 Å². The molecule has 2 aliphatic rings. The summed E-state index contributed by atoms with van der Waals surface area (Å²) < 4.78 is 5.63. The zero-order valence-electron chi connectivity index (χ0n) is 13.4. The normalized spacial score (nSPS) is 24.6. The van der Waals surface area contributed by atoms with Crippen molar-refractivity contribution in [3.8, 4) is 0 Å². The lowest BCUT2D eigenvalue weighted by Gasteiger charge is -2.39. The Balaban J connectivity index is 1.77. The van der Waals surface area contributed by atoms with Gasteiger partial charge in [-0.25, -0.2) is 0 Å². The lowest BCUT2D eigenvalue weighted by molar-refractivity contribution is -0.124. The number of para-hydroxylation sites is 1. The van der Waals surface area contributed by atoms with Crippen LogP contribution in [0.2, 0.25) is 0 Å². The molecular weight excluding hydrogens is 288 g/mol. The molecule has 0 N–H and O–H groups in total. The van der Waals surface area contributed by atoms with Crippen LogP contribution in [0.3, 0.4) is 0 Å². The zero-order chi connectivity index (χ0) is 15.8. The van der Waals surface area contributed by atoms with Crippen LogP contribution in [0.15, 0.2) is 36.5 Å². The second-order valence-electron chi connectivity index (χ2n) is 6.62. The second-order valence-corrected chi connectivity index (χ2v) is 6.62. The highest BCUT2D eigenvalue weighted by Gasteiger charge is 2.39. The highest BCUT2D eigenvalue weighted by Crippen LogP contribution is 2.36. The van der Waals surface area contributed by atoms with Gasteiger partial charge < -0.3 is 9.64 Å². The minimum absolute atomic E-state index is 0.00742. The Morgan fingerprint density at radius 3 is 2.74 bits per heavy atom. The fraction of sp³-hybridized carbons (Fsp3) is 0.474. The topological polar surface area (TPSA) is 42.4 Å². The summed E-state index contributed by atoms with van der Waals surface area (Å²) in [5.74, 6) is 0.174. The van der Waals surface area contributed by atoms with E-state index in [1.54, 1.807) is 6.20 Å². The maximum absolute atomic E-state index is 13.3. The van der Waals surface area contributed by atoms with Crippen molar-refractivity contribution in [3.05, 3.63) is 36.5 Å². The summed E-state index contributed by atoms with van der Waals surface area (Å²) >= 11 is 0. The SMILES string of the molecule is C[C@H]1OCC[C@H]1C(=O)N(c1cccc2cccnc12)C1CCC1. The van der Waals surface area contributed by atoms with Crippen LogP contribution in [0, 0.1) is 5.92 Å². The van der Waals surface area contributed by atoms with Crippen LogP contribution in [-0.2, 0) is 9.53 Å². The molecule has 120 valence electrons. The number of ether oxygens (including phenoxy) is 1. The lowest BCUT2D eigenvalue weighted by atomic mass is 9.88. The Bertz CT molecular complexity index is 721. The van der Waals surface area contributed by atoms with Crippen LogP contribution in [0.25, 0.3) is 10.9 Å². The van der Waals surface area contributed by atoms with Crippen molar-refractivity contribution < 1.29 is 9.53 Å². The average molecular weight is 310 g/mol. The molecule has 1 saturated heterocycles. The molecule has 23 heavy (non-hydrogen) atoms. The molecule has 4 nitrogen and oxygen atoms in total. The number of anilines is 1. The second kappa shape index (κ2) is 5.93. The lowest BCUT2D eigenvalue weighted by Crippen LogP contribution is -2.48. The third-order valence-electron chi connectivity index (χ3n) is 5.24. The van der Waals surface area contributed by atoms with E-state index in [4.69, 9.17) is 4.74 Å². The molecule has 1 aliphatic carbocycles. The molecule has 2 aromatic rings. The smallest absolute Gasteiger partial charge is 0.233 e. The molecule has 4 rings (SSSR count). The summed E-state index contributed by atoms with van der Waals surface area (Å²) in [6, 6.07) is 10.4. The van der Waals surface area contributed by atoms with Gasteiger partial charge in [0.2, 0.25) is 5.91 Å². The number of carbonyl (C=O) groups is 1. The largest absolute Gasteiger partial charge is 0.378 e. The predicted molar refractivity (Wildman–Crippen MR) is 90.4 cm³/mol. The molecule has 2 atom stereocenters. The van der Waals surface area contributed by atoms with Gasteiger partial charge in [-0.2, -0.15) is 0 Å². The first kappa shape index (κ1) is 14.6. The fourth-order valence-electron chi connectivity index (χ4n) is 3.66. The number of nitrogens with zero attached hydrogens (tertiary/aromatic N) is 2. The molecule has 0 spiro atoms. The standard InChI is InChI=1S/C19H22N2O2/c1-13-16(10-12-23-13)19(22)21(15-7-3-8-15)17-9-2-5-14-6-4-11-20-18(14)17/h2,4-6,9,11,13,15-16H,3,7-8,10,12H2,1H3/t13-,16-/m1/s1. The van der Waals surface area contributed by atoms with E-state index in [9.17, 15) is 4.79 Å². The van der Waals surface area contributed by atoms with Crippen molar-refractivity contribution in [2.45, 2.75) is 44.8 Å². The maximum atomic E-state index is 13.3. The third kappa shape index (κ3) is 2.51. The molecule has 0 bridgehead atoms. The van der Waals surface area contributed by atoms with Gasteiger partial charge in [0.25, 0.3) is 0 Å². The number of aromatic nitrogens is 1. The quantitative estimate of drug-likeness (QED) is 0.871. The Morgan fingerprint density at radius 1 is 1.22 bits per heavy atom. The van der Waals surface area contributed by atoms with Crippen molar-refractivity contribution in [2.75, 3.05) is 11.5 Å². The van der Waals surface area contributed by atoms with Gasteiger partial charge >= 0.3 is 0 Å². The van der Waals surface area contributed by atoms with E-state index in [0.29, 0.717) is 12.6 Å². The van der Waals surface area contributed by atoms with Gasteiger partial charge in [0.15, 0.2) is 0 Å². The van der Waals surface area contributed by atoms with E-state index < -0.39 is 0 Å². The molecule has 0 unspecified atom stereocenters. The summed E-state index contributed by atoms with van der Waals surface area (Å²) in [4.78, 5) is 19.8. The molecule has 0 radical (unpaired) electrons. The number of carbonyl (C=O) groups excluding carboxylic acids is 1. The van der Waals surface area contributed by atoms with Crippen LogP contribution in [0.1, 0.15) is 32.6 Å². The van der Waals surface area contributed by atoms with E-state index in [1.165, 1.54) is 6.42 Å². The molecule has 1 aromatic carbocycles. The first-order valence-corrected chi connectivity index (χ1v) is 8.54. The van der Waals surface area contributed by atoms with Gasteiger partial charge in [0.05, 0.1) is 23.2 Å². The van der Waals surface area contributed by atoms with E-state index >= 15 is 0 Å². The van der Waals surface area contributed by atoms with Gasteiger partial charge in [-0.3, -0.25) is 9.78 Å². The first-order valence-electron chi connectivity index (χ1n) is 8.54. The average Bonchev–Trinajstić information content (AvgIpc) is 2.96. The number of amides is 1. The third-order valence-corrected chi connectivity index (χ3v) is 5.24. The number of hydrogen-bond acceptors (Lipinski definition) is 3. The molecule has 1 saturated carbocycles. The number of fused-ring (bicyclic) bond motifs is 1. The van der Waals surface area contributed by atoms with E-state index in [-0.39, 0.29) is 17.9 Å². The minimum Gasteiger partial charge on any atom is -0.378 e. The van der Waals surface area contributed by atoms with Gasteiger partial charge in [0.1, 0.15) is 0 Å². The van der Waals surface area contributed by atoms with Gasteiger partial charge in [-0.15, -0.1) is 0 Å². The minimum atomic E-state index is -0.0328. The Kier molecular flexibility index (Phi) is 3.77. The first-order chi connectivity index (χ1) is 11.3. The maximum Gasteiger partial charge on any atom is 0.233 e. The molecule has 1 aromatic heterocycles. The monoisotopic (exact) mass is 310 g/mol. The summed E-state index contributed by atoms with van der Waals surface area (Å²) in [5.41, 5.74) is 1.87. The summed E-state index contributed by atoms with van der Waals surface area (Å²) in [6.07, 6.45) is 5.99. The van der Waals surface area contributed by atoms with E-state index in [2.05, 4.69) is 17.1 Å². The molecule has 2 fully saturated rings. The number of pyridine rings is 1. The number of hydrogen-bond donors (Lipinski definition) is 0. The zero-order valence-corrected chi connectivity index (χ0v) is 13.4. The van der Waals surface area contributed by atoms with Gasteiger partial charge in [-0.05, 0) is 44.7 Å². The van der Waals surface area contributed by atoms with Crippen LogP contribution in [-0.4, -0.2) is 29.6 Å². The van der Waals surface area contributed by atoms with Crippen molar-refractivity contribution in [3.63, 3.8) is 0 Å². The highest BCUT2D eigenvalue weighted by atomic mass is 16.5. The fourth-order valence-corrected chi connectivity index (χ4v) is 3.66. The Morgan fingerprint density at radius 2 is 2.04 bits per heavy atom. The Hall–Kier alpha value is -1.94. The predicted octanol–water partition coefficient (Wildman–Crippen LogP) is 3.55. The van der Waals surface area contributed by atoms with Crippen molar-refractivity contribution >= 4 is 22.5 Å². The summed E-state index contributed by atoms with van der Waals surface area (Å²) in [7, 11) is 0. The van der Waals surface area contributed by atoms with Crippen LogP contribution < -0.4 is 4.90 Å². The van der Waals surface area contributed by atoms with Crippen molar-refractivity contribution in [1.29, 1.82) is 0 Å². The van der Waals surface area contributed by atoms with Crippen molar-refractivity contribution in [1.82, 2.24) is 4.98 Å². The molecular formula is C19H22N2O2. The van der Waals surface area contributed by atoms with E-state index in [0.717, 1.165) is 35.9 Å². The van der Waals surface area contributed by atoms with Gasteiger partial charge in [0, 0.05) is 24.2 Å². The van der Waals surface area contributed by atoms with Crippen molar-refractivity contribution in [2.24, 2.45) is 5.92 Å². The molecule has 1 amide bonds. The van der Waals surface area contributed by atoms with E-state index in [1.807, 2.05) is 30.0 Å². The number of rotatable bonds is 3. The summed E-state index contributed by atoms with van der Waals surface area (Å²) in [6.45, 7) is 2.69. The van der Waals surface area contributed by atoms with Crippen LogP contribution >= 0.6 is 0 Å². The van der Waals surface area contributed by atoms with Gasteiger partial charge in [-0.1, -0.05) is 18.2 Å². The highest BCUT2D eigenvalue weighted by molar-refractivity contribution is 6.03.